The van der Waals surface area contributed by atoms with Crippen LogP contribution in [0.2, 0.25) is 5.02 Å². The summed E-state index contributed by atoms with van der Waals surface area (Å²) in [7, 11) is 1.47. The molecule has 0 aromatic heterocycles. The lowest BCUT2D eigenvalue weighted by molar-refractivity contribution is -0.118. The lowest BCUT2D eigenvalue weighted by Gasteiger charge is -2.08. The first-order chi connectivity index (χ1) is 13.9. The van der Waals surface area contributed by atoms with Crippen molar-refractivity contribution in [2.24, 2.45) is 4.99 Å². The van der Waals surface area contributed by atoms with Crippen LogP contribution in [-0.4, -0.2) is 30.9 Å². The zero-order valence-electron chi connectivity index (χ0n) is 15.5. The molecule has 8 heteroatoms. The minimum absolute atomic E-state index is 0.00654. The quantitative estimate of drug-likeness (QED) is 0.712. The Bertz CT molecular complexity index is 1050. The number of amides is 2. The SMILES string of the molecule is CNC(=O)C1=C(C(=O)Nc2ccc(CC(=O)c3ccc(Cl)cc3F)cc2)CC=N1. The lowest BCUT2D eigenvalue weighted by atomic mass is 10.0. The third-order valence-corrected chi connectivity index (χ3v) is 4.56. The number of carbonyl (C=O) groups is 3. The van der Waals surface area contributed by atoms with Crippen LogP contribution in [0.25, 0.3) is 0 Å². The zero-order valence-corrected chi connectivity index (χ0v) is 16.2. The van der Waals surface area contributed by atoms with Crippen molar-refractivity contribution in [3.63, 3.8) is 0 Å². The van der Waals surface area contributed by atoms with Crippen LogP contribution in [0, 0.1) is 5.82 Å². The predicted molar refractivity (Wildman–Crippen MR) is 109 cm³/mol. The summed E-state index contributed by atoms with van der Waals surface area (Å²) in [4.78, 5) is 40.4. The Morgan fingerprint density at radius 2 is 1.83 bits per heavy atom. The highest BCUT2D eigenvalue weighted by Gasteiger charge is 2.23. The number of nitrogens with zero attached hydrogens (tertiary/aromatic N) is 1. The topological polar surface area (TPSA) is 87.6 Å². The van der Waals surface area contributed by atoms with E-state index in [2.05, 4.69) is 15.6 Å². The van der Waals surface area contributed by atoms with E-state index in [1.54, 1.807) is 24.3 Å². The summed E-state index contributed by atoms with van der Waals surface area (Å²) in [6.45, 7) is 0. The van der Waals surface area contributed by atoms with Crippen molar-refractivity contribution in [1.29, 1.82) is 0 Å². The van der Waals surface area contributed by atoms with Gasteiger partial charge in [0.15, 0.2) is 5.78 Å². The second kappa shape index (κ2) is 8.79. The third kappa shape index (κ3) is 4.75. The zero-order chi connectivity index (χ0) is 21.0. The van der Waals surface area contributed by atoms with Gasteiger partial charge in [0.05, 0.1) is 11.1 Å². The van der Waals surface area contributed by atoms with E-state index in [9.17, 15) is 18.8 Å². The van der Waals surface area contributed by atoms with Gasteiger partial charge in [0.1, 0.15) is 11.5 Å². The van der Waals surface area contributed by atoms with Crippen molar-refractivity contribution in [2.45, 2.75) is 12.8 Å². The summed E-state index contributed by atoms with van der Waals surface area (Å²) in [6, 6.07) is 10.5. The van der Waals surface area contributed by atoms with Crippen LogP contribution < -0.4 is 10.6 Å². The molecule has 3 rings (SSSR count). The highest BCUT2D eigenvalue weighted by atomic mass is 35.5. The molecule has 0 bridgehead atoms. The molecule has 0 saturated carbocycles. The molecule has 1 aliphatic rings. The molecule has 29 heavy (non-hydrogen) atoms. The fourth-order valence-electron chi connectivity index (χ4n) is 2.83. The molecule has 1 heterocycles. The summed E-state index contributed by atoms with van der Waals surface area (Å²) in [5, 5.41) is 5.37. The number of rotatable bonds is 6. The number of likely N-dealkylation sites (N-methyl/N-ethyl adjacent to an activating group) is 1. The molecule has 0 spiro atoms. The Hall–Kier alpha value is -3.32. The number of halogens is 2. The maximum atomic E-state index is 13.9. The monoisotopic (exact) mass is 413 g/mol. The van der Waals surface area contributed by atoms with E-state index in [0.29, 0.717) is 11.3 Å². The standard InChI is InChI=1S/C21H17ClFN3O3/c1-24-21(29)19-16(8-9-25-19)20(28)26-14-5-2-12(3-6-14)10-18(27)15-7-4-13(22)11-17(15)23/h2-7,9,11H,8,10H2,1H3,(H,24,29)(H,26,28). The molecule has 2 aromatic carbocycles. The minimum atomic E-state index is -0.662. The van der Waals surface area contributed by atoms with Crippen molar-refractivity contribution in [1.82, 2.24) is 5.32 Å². The van der Waals surface area contributed by atoms with Gasteiger partial charge in [0.25, 0.3) is 11.8 Å². The van der Waals surface area contributed by atoms with Gasteiger partial charge in [-0.1, -0.05) is 23.7 Å². The molecule has 0 fully saturated rings. The van der Waals surface area contributed by atoms with Gasteiger partial charge >= 0.3 is 0 Å². The van der Waals surface area contributed by atoms with Gasteiger partial charge in [-0.15, -0.1) is 0 Å². The summed E-state index contributed by atoms with van der Waals surface area (Å²) in [5.41, 5.74) is 1.51. The number of carbonyl (C=O) groups excluding carboxylic acids is 3. The van der Waals surface area contributed by atoms with E-state index >= 15 is 0 Å². The van der Waals surface area contributed by atoms with Crippen LogP contribution in [0.15, 0.2) is 58.7 Å². The van der Waals surface area contributed by atoms with Gasteiger partial charge in [-0.25, -0.2) is 4.39 Å². The number of Topliss-reactive ketones (excluding diaryl/α,β-unsaturated/α-hetero) is 1. The van der Waals surface area contributed by atoms with Gasteiger partial charge < -0.3 is 10.6 Å². The van der Waals surface area contributed by atoms with Gasteiger partial charge in [-0.3, -0.25) is 19.4 Å². The predicted octanol–water partition coefficient (Wildman–Crippen LogP) is 3.32. The van der Waals surface area contributed by atoms with E-state index in [0.717, 1.165) is 6.07 Å². The number of nitrogens with one attached hydrogen (secondary N) is 2. The van der Waals surface area contributed by atoms with Gasteiger partial charge in [0.2, 0.25) is 0 Å². The van der Waals surface area contributed by atoms with Gasteiger partial charge in [-0.05, 0) is 35.9 Å². The molecule has 2 aromatic rings. The van der Waals surface area contributed by atoms with Crippen molar-refractivity contribution in [3.05, 3.63) is 75.7 Å². The molecule has 0 saturated heterocycles. The van der Waals surface area contributed by atoms with Crippen LogP contribution in [0.3, 0.4) is 0 Å². The van der Waals surface area contributed by atoms with Crippen molar-refractivity contribution in [3.8, 4) is 0 Å². The van der Waals surface area contributed by atoms with Crippen molar-refractivity contribution < 1.29 is 18.8 Å². The number of hydrogen-bond donors (Lipinski definition) is 2. The number of ketones is 1. The fourth-order valence-corrected chi connectivity index (χ4v) is 2.98. The second-order valence-electron chi connectivity index (χ2n) is 6.30. The molecular formula is C21H17ClFN3O3. The van der Waals surface area contributed by atoms with E-state index in [-0.39, 0.29) is 40.5 Å². The largest absolute Gasteiger partial charge is 0.354 e. The Labute approximate surface area is 171 Å². The molecule has 0 radical (unpaired) electrons. The third-order valence-electron chi connectivity index (χ3n) is 4.33. The average Bonchev–Trinajstić information content (AvgIpc) is 3.19. The average molecular weight is 414 g/mol. The second-order valence-corrected chi connectivity index (χ2v) is 6.73. The lowest BCUT2D eigenvalue weighted by Crippen LogP contribution is -2.23. The number of hydrogen-bond acceptors (Lipinski definition) is 4. The van der Waals surface area contributed by atoms with Crippen LogP contribution in [0.4, 0.5) is 10.1 Å². The molecule has 0 unspecified atom stereocenters. The number of aliphatic imine (C=N–C) groups is 1. The molecule has 6 nitrogen and oxygen atoms in total. The van der Waals surface area contributed by atoms with Gasteiger partial charge in [0, 0.05) is 36.8 Å². The molecule has 1 aliphatic heterocycles. The Morgan fingerprint density at radius 3 is 2.48 bits per heavy atom. The molecule has 0 atom stereocenters. The van der Waals surface area contributed by atoms with Crippen LogP contribution in [0.1, 0.15) is 22.3 Å². The summed E-state index contributed by atoms with van der Waals surface area (Å²) < 4.78 is 13.9. The summed E-state index contributed by atoms with van der Waals surface area (Å²) >= 11 is 5.70. The first-order valence-corrected chi connectivity index (χ1v) is 9.13. The highest BCUT2D eigenvalue weighted by molar-refractivity contribution is 6.30. The normalized spacial score (nSPS) is 12.8. The maximum Gasteiger partial charge on any atom is 0.270 e. The minimum Gasteiger partial charge on any atom is -0.354 e. The summed E-state index contributed by atoms with van der Waals surface area (Å²) in [5.74, 6) is -1.88. The Kier molecular flexibility index (Phi) is 6.19. The number of anilines is 1. The van der Waals surface area contributed by atoms with Crippen LogP contribution in [0.5, 0.6) is 0 Å². The molecule has 0 aliphatic carbocycles. The first kappa shape index (κ1) is 20.4. The maximum absolute atomic E-state index is 13.9. The Balaban J connectivity index is 1.67. The van der Waals surface area contributed by atoms with E-state index in [4.69, 9.17) is 11.6 Å². The molecule has 2 amide bonds. The highest BCUT2D eigenvalue weighted by Crippen LogP contribution is 2.20. The van der Waals surface area contributed by atoms with E-state index < -0.39 is 17.6 Å². The Morgan fingerprint density at radius 1 is 1.10 bits per heavy atom. The molecule has 2 N–H and O–H groups in total. The smallest absolute Gasteiger partial charge is 0.270 e. The molecular weight excluding hydrogens is 397 g/mol. The number of benzene rings is 2. The summed E-state index contributed by atoms with van der Waals surface area (Å²) in [6.07, 6.45) is 1.78. The van der Waals surface area contributed by atoms with Crippen LogP contribution >= 0.6 is 11.6 Å². The van der Waals surface area contributed by atoms with Crippen molar-refractivity contribution >= 4 is 41.1 Å². The van der Waals surface area contributed by atoms with Crippen molar-refractivity contribution in [2.75, 3.05) is 12.4 Å². The molecule has 148 valence electrons. The fraction of sp³-hybridized carbons (Fsp3) is 0.143. The first-order valence-electron chi connectivity index (χ1n) is 8.75. The van der Waals surface area contributed by atoms with Crippen LogP contribution in [-0.2, 0) is 16.0 Å². The van der Waals surface area contributed by atoms with E-state index in [1.807, 2.05) is 0 Å². The van der Waals surface area contributed by atoms with E-state index in [1.165, 1.54) is 25.4 Å². The van der Waals surface area contributed by atoms with Gasteiger partial charge in [-0.2, -0.15) is 0 Å².